The van der Waals surface area contributed by atoms with Crippen LogP contribution in [0.2, 0.25) is 0 Å². The summed E-state index contributed by atoms with van der Waals surface area (Å²) in [6.45, 7) is 6.25. The van der Waals surface area contributed by atoms with Crippen LogP contribution in [0.3, 0.4) is 0 Å². The fourth-order valence-electron chi connectivity index (χ4n) is 1.85. The van der Waals surface area contributed by atoms with E-state index in [1.165, 1.54) is 0 Å². The van der Waals surface area contributed by atoms with Gasteiger partial charge in [-0.15, -0.1) is 0 Å². The minimum absolute atomic E-state index is 0.0213. The molecule has 0 aliphatic heterocycles. The molecular weight excluding hydrogens is 236 g/mol. The Morgan fingerprint density at radius 1 is 1.00 bits per heavy atom. The van der Waals surface area contributed by atoms with Crippen LogP contribution in [0.5, 0.6) is 0 Å². The number of hydrogen-bond donors (Lipinski definition) is 2. The number of benzene rings is 1. The van der Waals surface area contributed by atoms with Gasteiger partial charge in [0.2, 0.25) is 0 Å². The monoisotopic (exact) mass is 256 g/mol. The summed E-state index contributed by atoms with van der Waals surface area (Å²) in [5.74, 6) is 0.816. The molecule has 0 aliphatic rings. The maximum atomic E-state index is 10.3. The minimum atomic E-state index is -0.627. The number of hydrogen-bond acceptors (Lipinski definition) is 3. The van der Waals surface area contributed by atoms with Gasteiger partial charge in [-0.25, -0.2) is 4.98 Å². The Morgan fingerprint density at radius 3 is 2.21 bits per heavy atom. The molecule has 1 heterocycles. The number of aliphatic hydroxyl groups is 1. The summed E-state index contributed by atoms with van der Waals surface area (Å²) < 4.78 is 0. The zero-order valence-electron chi connectivity index (χ0n) is 11.6. The quantitative estimate of drug-likeness (QED) is 0.885. The highest BCUT2D eigenvalue weighted by Crippen LogP contribution is 2.22. The van der Waals surface area contributed by atoms with E-state index in [1.54, 1.807) is 6.20 Å². The van der Waals surface area contributed by atoms with E-state index in [1.807, 2.05) is 42.5 Å². The van der Waals surface area contributed by atoms with Crippen molar-refractivity contribution in [3.05, 3.63) is 59.8 Å². The normalized spacial score (nSPS) is 13.1. The lowest BCUT2D eigenvalue weighted by molar-refractivity contribution is 0.220. The van der Waals surface area contributed by atoms with Crippen LogP contribution in [0.25, 0.3) is 0 Å². The van der Waals surface area contributed by atoms with Gasteiger partial charge in [-0.3, -0.25) is 0 Å². The highest BCUT2D eigenvalue weighted by Gasteiger charge is 2.12. The Bertz CT molecular complexity index is 515. The Kier molecular flexibility index (Phi) is 3.86. The van der Waals surface area contributed by atoms with Crippen LogP contribution in [0, 0.1) is 0 Å². The lowest BCUT2D eigenvalue weighted by Gasteiger charge is -2.21. The standard InChI is InChI=1S/C16H20N2O/c1-16(2,3)18-14-10-9-13(11-17-14)15(19)12-7-5-4-6-8-12/h4-11,15,19H,1-3H3,(H,17,18). The molecule has 2 N–H and O–H groups in total. The van der Waals surface area contributed by atoms with Gasteiger partial charge in [-0.05, 0) is 32.4 Å². The lowest BCUT2D eigenvalue weighted by atomic mass is 10.0. The third kappa shape index (κ3) is 3.80. The molecule has 0 fully saturated rings. The molecule has 2 aromatic rings. The van der Waals surface area contributed by atoms with Crippen LogP contribution in [0.1, 0.15) is 38.0 Å². The van der Waals surface area contributed by atoms with Crippen LogP contribution in [-0.2, 0) is 0 Å². The van der Waals surface area contributed by atoms with Crippen molar-refractivity contribution in [3.8, 4) is 0 Å². The molecule has 100 valence electrons. The Balaban J connectivity index is 2.15. The highest BCUT2D eigenvalue weighted by atomic mass is 16.3. The summed E-state index contributed by atoms with van der Waals surface area (Å²) in [6.07, 6.45) is 1.09. The molecular formula is C16H20N2O. The number of anilines is 1. The number of nitrogens with zero attached hydrogens (tertiary/aromatic N) is 1. The topological polar surface area (TPSA) is 45.1 Å². The van der Waals surface area contributed by atoms with E-state index in [0.29, 0.717) is 0 Å². The summed E-state index contributed by atoms with van der Waals surface area (Å²) in [6, 6.07) is 13.4. The summed E-state index contributed by atoms with van der Waals surface area (Å²) in [4.78, 5) is 4.34. The van der Waals surface area contributed by atoms with Crippen LogP contribution >= 0.6 is 0 Å². The van der Waals surface area contributed by atoms with E-state index in [4.69, 9.17) is 0 Å². The first-order valence-corrected chi connectivity index (χ1v) is 6.43. The minimum Gasteiger partial charge on any atom is -0.384 e. The molecule has 0 aliphatic carbocycles. The van der Waals surface area contributed by atoms with Crippen LogP contribution in [-0.4, -0.2) is 15.6 Å². The predicted molar refractivity (Wildman–Crippen MR) is 78.1 cm³/mol. The van der Waals surface area contributed by atoms with Gasteiger partial charge in [0.15, 0.2) is 0 Å². The van der Waals surface area contributed by atoms with Gasteiger partial charge >= 0.3 is 0 Å². The van der Waals surface area contributed by atoms with Gasteiger partial charge in [-0.2, -0.15) is 0 Å². The van der Waals surface area contributed by atoms with Crippen molar-refractivity contribution in [3.63, 3.8) is 0 Å². The molecule has 0 saturated heterocycles. The maximum Gasteiger partial charge on any atom is 0.126 e. The lowest BCUT2D eigenvalue weighted by Crippen LogP contribution is -2.26. The molecule has 0 saturated carbocycles. The number of rotatable bonds is 3. The summed E-state index contributed by atoms with van der Waals surface area (Å²) >= 11 is 0. The second-order valence-corrected chi connectivity index (χ2v) is 5.66. The van der Waals surface area contributed by atoms with E-state index in [9.17, 15) is 5.11 Å². The van der Waals surface area contributed by atoms with Crippen molar-refractivity contribution in [1.82, 2.24) is 4.98 Å². The van der Waals surface area contributed by atoms with Crippen molar-refractivity contribution in [2.75, 3.05) is 5.32 Å². The molecule has 3 heteroatoms. The first kappa shape index (κ1) is 13.6. The molecule has 2 rings (SSSR count). The van der Waals surface area contributed by atoms with Gasteiger partial charge < -0.3 is 10.4 Å². The Morgan fingerprint density at radius 2 is 1.68 bits per heavy atom. The molecule has 19 heavy (non-hydrogen) atoms. The fourth-order valence-corrected chi connectivity index (χ4v) is 1.85. The average Bonchev–Trinajstić information content (AvgIpc) is 2.38. The maximum absolute atomic E-state index is 10.3. The molecule has 0 bridgehead atoms. The van der Waals surface area contributed by atoms with Gasteiger partial charge in [0.05, 0.1) is 0 Å². The van der Waals surface area contributed by atoms with E-state index in [2.05, 4.69) is 31.1 Å². The van der Waals surface area contributed by atoms with Crippen molar-refractivity contribution in [2.45, 2.75) is 32.4 Å². The van der Waals surface area contributed by atoms with Gasteiger partial charge in [0.1, 0.15) is 11.9 Å². The number of pyridine rings is 1. The highest BCUT2D eigenvalue weighted by molar-refractivity contribution is 5.39. The first-order valence-electron chi connectivity index (χ1n) is 6.43. The molecule has 3 nitrogen and oxygen atoms in total. The van der Waals surface area contributed by atoms with E-state index < -0.39 is 6.10 Å². The van der Waals surface area contributed by atoms with Crippen molar-refractivity contribution in [1.29, 1.82) is 0 Å². The SMILES string of the molecule is CC(C)(C)Nc1ccc(C(O)c2ccccc2)cn1. The van der Waals surface area contributed by atoms with E-state index in [-0.39, 0.29) is 5.54 Å². The largest absolute Gasteiger partial charge is 0.384 e. The van der Waals surface area contributed by atoms with Gasteiger partial charge in [0, 0.05) is 17.3 Å². The first-order chi connectivity index (χ1) is 8.96. The smallest absolute Gasteiger partial charge is 0.126 e. The van der Waals surface area contributed by atoms with Crippen LogP contribution in [0.15, 0.2) is 48.7 Å². The van der Waals surface area contributed by atoms with Crippen LogP contribution < -0.4 is 5.32 Å². The zero-order valence-corrected chi connectivity index (χ0v) is 11.6. The molecule has 1 atom stereocenters. The third-order valence-corrected chi connectivity index (χ3v) is 2.72. The van der Waals surface area contributed by atoms with E-state index in [0.717, 1.165) is 16.9 Å². The fraction of sp³-hybridized carbons (Fsp3) is 0.312. The Labute approximate surface area is 114 Å². The zero-order chi connectivity index (χ0) is 13.9. The summed E-state index contributed by atoms with van der Waals surface area (Å²) in [5.41, 5.74) is 1.65. The van der Waals surface area contributed by atoms with Crippen LogP contribution in [0.4, 0.5) is 5.82 Å². The number of aromatic nitrogens is 1. The molecule has 0 radical (unpaired) electrons. The molecule has 1 unspecified atom stereocenters. The Hall–Kier alpha value is -1.87. The molecule has 0 amide bonds. The molecule has 1 aromatic heterocycles. The molecule has 0 spiro atoms. The molecule has 1 aromatic carbocycles. The predicted octanol–water partition coefficient (Wildman–Crippen LogP) is 3.37. The van der Waals surface area contributed by atoms with Crippen molar-refractivity contribution in [2.24, 2.45) is 0 Å². The average molecular weight is 256 g/mol. The summed E-state index contributed by atoms with van der Waals surface area (Å²) in [7, 11) is 0. The number of nitrogens with one attached hydrogen (secondary N) is 1. The van der Waals surface area contributed by atoms with Crippen molar-refractivity contribution < 1.29 is 5.11 Å². The van der Waals surface area contributed by atoms with Gasteiger partial charge in [0.25, 0.3) is 0 Å². The summed E-state index contributed by atoms with van der Waals surface area (Å²) in [5, 5.41) is 13.5. The second-order valence-electron chi connectivity index (χ2n) is 5.66. The number of aliphatic hydroxyl groups excluding tert-OH is 1. The third-order valence-electron chi connectivity index (χ3n) is 2.72. The van der Waals surface area contributed by atoms with Crippen molar-refractivity contribution >= 4 is 5.82 Å². The van der Waals surface area contributed by atoms with Gasteiger partial charge in [-0.1, -0.05) is 36.4 Å². The van der Waals surface area contributed by atoms with E-state index >= 15 is 0 Å². The second kappa shape index (κ2) is 5.41.